The van der Waals surface area contributed by atoms with Crippen molar-refractivity contribution in [2.24, 2.45) is 10.2 Å². The predicted molar refractivity (Wildman–Crippen MR) is 66.4 cm³/mol. The van der Waals surface area contributed by atoms with Crippen LogP contribution in [0.2, 0.25) is 0 Å². The van der Waals surface area contributed by atoms with Crippen LogP contribution < -0.4 is 0 Å². The molecule has 1 aliphatic heterocycles. The fraction of sp³-hybridized carbons (Fsp3) is 0.273. The summed E-state index contributed by atoms with van der Waals surface area (Å²) in [7, 11) is 3.96. The van der Waals surface area contributed by atoms with Crippen LogP contribution in [0.4, 0.5) is 0 Å². The van der Waals surface area contributed by atoms with E-state index in [1.165, 1.54) is 5.56 Å². The zero-order chi connectivity index (χ0) is 10.7. The summed E-state index contributed by atoms with van der Waals surface area (Å²) in [5, 5.41) is 9.35. The smallest absolute Gasteiger partial charge is 0.186 e. The van der Waals surface area contributed by atoms with Gasteiger partial charge in [-0.1, -0.05) is 42.1 Å². The Labute approximate surface area is 93.9 Å². The first kappa shape index (κ1) is 10.2. The normalized spacial score (nSPS) is 19.9. The topological polar surface area (TPSA) is 28.0 Å². The van der Waals surface area contributed by atoms with Gasteiger partial charge in [0.2, 0.25) is 0 Å². The van der Waals surface area contributed by atoms with Crippen molar-refractivity contribution in [1.82, 2.24) is 4.90 Å². The highest BCUT2D eigenvalue weighted by molar-refractivity contribution is 8.14. The van der Waals surface area contributed by atoms with Crippen LogP contribution in [0.25, 0.3) is 0 Å². The Morgan fingerprint density at radius 1 is 1.20 bits per heavy atom. The van der Waals surface area contributed by atoms with Gasteiger partial charge in [0.05, 0.1) is 5.25 Å². The summed E-state index contributed by atoms with van der Waals surface area (Å²) in [6.07, 6.45) is 1.88. The number of hydrogen-bond acceptors (Lipinski definition) is 4. The Balaban J connectivity index is 2.16. The van der Waals surface area contributed by atoms with E-state index in [9.17, 15) is 0 Å². The van der Waals surface area contributed by atoms with E-state index < -0.39 is 0 Å². The zero-order valence-electron chi connectivity index (χ0n) is 8.79. The minimum atomic E-state index is 0.279. The third kappa shape index (κ3) is 2.39. The minimum Gasteiger partial charge on any atom is -0.356 e. The second kappa shape index (κ2) is 4.49. The Bertz CT molecular complexity index is 384. The summed E-state index contributed by atoms with van der Waals surface area (Å²) in [5.74, 6) is 0. The van der Waals surface area contributed by atoms with Gasteiger partial charge in [-0.05, 0) is 5.56 Å². The van der Waals surface area contributed by atoms with Gasteiger partial charge in [-0.3, -0.25) is 0 Å². The zero-order valence-corrected chi connectivity index (χ0v) is 9.61. The van der Waals surface area contributed by atoms with Crippen molar-refractivity contribution in [2.75, 3.05) is 14.1 Å². The quantitative estimate of drug-likeness (QED) is 0.725. The fourth-order valence-electron chi connectivity index (χ4n) is 1.30. The van der Waals surface area contributed by atoms with Crippen LogP contribution in [0.15, 0.2) is 40.5 Å². The molecule has 78 valence electrons. The Hall–Kier alpha value is -1.29. The largest absolute Gasteiger partial charge is 0.356 e. The van der Waals surface area contributed by atoms with E-state index in [1.54, 1.807) is 11.8 Å². The first-order valence-electron chi connectivity index (χ1n) is 4.77. The Morgan fingerprint density at radius 2 is 1.93 bits per heavy atom. The Morgan fingerprint density at radius 3 is 2.60 bits per heavy atom. The lowest BCUT2D eigenvalue weighted by Crippen LogP contribution is -2.21. The maximum Gasteiger partial charge on any atom is 0.186 e. The fourth-order valence-corrected chi connectivity index (χ4v) is 2.24. The van der Waals surface area contributed by atoms with Crippen molar-refractivity contribution >= 4 is 23.1 Å². The molecule has 0 fully saturated rings. The molecule has 0 saturated carbocycles. The summed E-state index contributed by atoms with van der Waals surface area (Å²) in [6.45, 7) is 0. The molecule has 0 bridgehead atoms. The maximum atomic E-state index is 4.08. The Kier molecular flexibility index (Phi) is 3.06. The molecule has 1 aliphatic rings. The van der Waals surface area contributed by atoms with E-state index in [2.05, 4.69) is 22.3 Å². The lowest BCUT2D eigenvalue weighted by atomic mass is 10.2. The molecule has 1 unspecified atom stereocenters. The SMILES string of the molecule is CN(C)C1=NN=CC(c2ccccc2)S1. The van der Waals surface area contributed by atoms with Gasteiger partial charge < -0.3 is 4.90 Å². The first-order chi connectivity index (χ1) is 7.27. The van der Waals surface area contributed by atoms with Crippen molar-refractivity contribution in [3.05, 3.63) is 35.9 Å². The third-order valence-electron chi connectivity index (χ3n) is 2.09. The van der Waals surface area contributed by atoms with Crippen LogP contribution in [-0.4, -0.2) is 30.4 Å². The molecule has 2 rings (SSSR count). The van der Waals surface area contributed by atoms with E-state index in [0.29, 0.717) is 0 Å². The summed E-state index contributed by atoms with van der Waals surface area (Å²) in [4.78, 5) is 1.98. The van der Waals surface area contributed by atoms with Gasteiger partial charge in [-0.15, -0.1) is 5.10 Å². The molecule has 1 heterocycles. The van der Waals surface area contributed by atoms with Gasteiger partial charge >= 0.3 is 0 Å². The average molecular weight is 219 g/mol. The van der Waals surface area contributed by atoms with Crippen LogP contribution >= 0.6 is 11.8 Å². The van der Waals surface area contributed by atoms with Gasteiger partial charge in [0.15, 0.2) is 5.17 Å². The molecule has 3 nitrogen and oxygen atoms in total. The maximum absolute atomic E-state index is 4.08. The molecular formula is C11H13N3S. The lowest BCUT2D eigenvalue weighted by molar-refractivity contribution is 0.632. The minimum absolute atomic E-state index is 0.279. The standard InChI is InChI=1S/C11H13N3S/c1-14(2)11-13-12-8-10(15-11)9-6-4-3-5-7-9/h3-8,10H,1-2H3. The van der Waals surface area contributed by atoms with Crippen LogP contribution in [0, 0.1) is 0 Å². The summed E-state index contributed by atoms with van der Waals surface area (Å²) >= 11 is 1.72. The first-order valence-corrected chi connectivity index (χ1v) is 5.65. The molecule has 0 radical (unpaired) electrons. The second-order valence-electron chi connectivity index (χ2n) is 3.49. The highest BCUT2D eigenvalue weighted by Crippen LogP contribution is 2.30. The van der Waals surface area contributed by atoms with Crippen molar-refractivity contribution in [3.63, 3.8) is 0 Å². The average Bonchev–Trinajstić information content (AvgIpc) is 2.30. The number of thioether (sulfide) groups is 1. The molecule has 0 aromatic heterocycles. The predicted octanol–water partition coefficient (Wildman–Crippen LogP) is 2.38. The third-order valence-corrected chi connectivity index (χ3v) is 3.39. The van der Waals surface area contributed by atoms with Gasteiger partial charge in [0.1, 0.15) is 0 Å². The molecule has 15 heavy (non-hydrogen) atoms. The lowest BCUT2D eigenvalue weighted by Gasteiger charge is -2.20. The summed E-state index contributed by atoms with van der Waals surface area (Å²) in [6, 6.07) is 10.3. The summed E-state index contributed by atoms with van der Waals surface area (Å²) in [5.41, 5.74) is 1.26. The van der Waals surface area contributed by atoms with Crippen LogP contribution in [0.1, 0.15) is 10.8 Å². The van der Waals surface area contributed by atoms with Gasteiger partial charge in [-0.25, -0.2) is 0 Å². The molecule has 0 saturated heterocycles. The van der Waals surface area contributed by atoms with Crippen molar-refractivity contribution in [2.45, 2.75) is 5.25 Å². The van der Waals surface area contributed by atoms with E-state index in [-0.39, 0.29) is 5.25 Å². The molecular weight excluding hydrogens is 206 g/mol. The van der Waals surface area contributed by atoms with Crippen molar-refractivity contribution in [1.29, 1.82) is 0 Å². The molecule has 1 atom stereocenters. The van der Waals surface area contributed by atoms with Crippen LogP contribution in [-0.2, 0) is 0 Å². The second-order valence-corrected chi connectivity index (χ2v) is 4.60. The van der Waals surface area contributed by atoms with Gasteiger partial charge in [-0.2, -0.15) is 5.10 Å². The van der Waals surface area contributed by atoms with Crippen molar-refractivity contribution < 1.29 is 0 Å². The number of benzene rings is 1. The molecule has 1 aromatic carbocycles. The number of nitrogens with zero attached hydrogens (tertiary/aromatic N) is 3. The van der Waals surface area contributed by atoms with Crippen LogP contribution in [0.3, 0.4) is 0 Å². The number of hydrogen-bond donors (Lipinski definition) is 0. The van der Waals surface area contributed by atoms with E-state index in [0.717, 1.165) is 5.17 Å². The molecule has 0 spiro atoms. The molecule has 4 heteroatoms. The highest BCUT2D eigenvalue weighted by Gasteiger charge is 2.17. The van der Waals surface area contributed by atoms with Gasteiger partial charge in [0, 0.05) is 20.3 Å². The number of rotatable bonds is 1. The molecule has 1 aromatic rings. The molecule has 0 amide bonds. The highest BCUT2D eigenvalue weighted by atomic mass is 32.2. The number of amidine groups is 1. The molecule has 0 N–H and O–H groups in total. The summed E-state index contributed by atoms with van der Waals surface area (Å²) < 4.78 is 0. The van der Waals surface area contributed by atoms with E-state index in [1.807, 2.05) is 43.4 Å². The monoisotopic (exact) mass is 219 g/mol. The van der Waals surface area contributed by atoms with Crippen LogP contribution in [0.5, 0.6) is 0 Å². The molecule has 0 aliphatic carbocycles. The van der Waals surface area contributed by atoms with E-state index >= 15 is 0 Å². The van der Waals surface area contributed by atoms with E-state index in [4.69, 9.17) is 0 Å². The van der Waals surface area contributed by atoms with Crippen molar-refractivity contribution in [3.8, 4) is 0 Å². The van der Waals surface area contributed by atoms with Gasteiger partial charge in [0.25, 0.3) is 0 Å².